The van der Waals surface area contributed by atoms with Gasteiger partial charge in [-0.1, -0.05) is 0 Å². The molecule has 0 spiro atoms. The fraction of sp³-hybridized carbons (Fsp3) is 0.900. The smallest absolute Gasteiger partial charge is 0.236 e. The van der Waals surface area contributed by atoms with E-state index >= 15 is 0 Å². The lowest BCUT2D eigenvalue weighted by Crippen LogP contribution is -2.47. The van der Waals surface area contributed by atoms with Crippen molar-refractivity contribution in [1.29, 1.82) is 0 Å². The van der Waals surface area contributed by atoms with Gasteiger partial charge in [0, 0.05) is 13.1 Å². The summed E-state index contributed by atoms with van der Waals surface area (Å²) < 4.78 is 0. The minimum absolute atomic E-state index is 0.347. The molecule has 0 atom stereocenters. The summed E-state index contributed by atoms with van der Waals surface area (Å²) in [7, 11) is 0. The third-order valence-corrected chi connectivity index (χ3v) is 3.02. The summed E-state index contributed by atoms with van der Waals surface area (Å²) in [6, 6.07) is 0. The average Bonchev–Trinajstić information content (AvgIpc) is 2.12. The molecular weight excluding hydrogens is 164 g/mol. The minimum Gasteiger partial charge on any atom is -0.342 e. The third kappa shape index (κ3) is 2.21. The summed E-state index contributed by atoms with van der Waals surface area (Å²) in [5.41, 5.74) is 0. The van der Waals surface area contributed by atoms with Crippen LogP contribution in [0.5, 0.6) is 0 Å². The Morgan fingerprint density at radius 2 is 1.62 bits per heavy atom. The number of rotatable bonds is 2. The lowest BCUT2D eigenvalue weighted by Gasteiger charge is -2.33. The summed E-state index contributed by atoms with van der Waals surface area (Å²) in [6.07, 6.45) is 4.97. The number of piperidine rings is 1. The Labute approximate surface area is 79.7 Å². The lowest BCUT2D eigenvalue weighted by molar-refractivity contribution is -0.134. The van der Waals surface area contributed by atoms with Gasteiger partial charge in [-0.2, -0.15) is 0 Å². The van der Waals surface area contributed by atoms with Gasteiger partial charge in [0.25, 0.3) is 0 Å². The minimum atomic E-state index is 0.347. The van der Waals surface area contributed by atoms with Crippen molar-refractivity contribution >= 4 is 5.91 Å². The van der Waals surface area contributed by atoms with Crippen LogP contribution in [-0.2, 0) is 4.79 Å². The van der Waals surface area contributed by atoms with E-state index < -0.39 is 0 Å². The molecule has 0 radical (unpaired) electrons. The molecule has 13 heavy (non-hydrogen) atoms. The van der Waals surface area contributed by atoms with Crippen molar-refractivity contribution in [1.82, 2.24) is 9.80 Å². The quantitative estimate of drug-likeness (QED) is 0.628. The normalized spacial score (nSPS) is 24.2. The predicted molar refractivity (Wildman–Crippen MR) is 51.5 cm³/mol. The van der Waals surface area contributed by atoms with Crippen molar-refractivity contribution in [3.63, 3.8) is 0 Å². The number of carbonyl (C=O) groups excluding carboxylic acids is 1. The number of carbonyl (C=O) groups is 1. The third-order valence-electron chi connectivity index (χ3n) is 3.02. The molecular formula is C10H18N2O. The highest BCUT2D eigenvalue weighted by molar-refractivity contribution is 5.78. The zero-order chi connectivity index (χ0) is 9.10. The summed E-state index contributed by atoms with van der Waals surface area (Å²) in [6.45, 7) is 4.90. The summed E-state index contributed by atoms with van der Waals surface area (Å²) in [4.78, 5) is 15.9. The molecule has 0 bridgehead atoms. The second-order valence-corrected chi connectivity index (χ2v) is 4.07. The highest BCUT2D eigenvalue weighted by Gasteiger charge is 2.21. The van der Waals surface area contributed by atoms with Gasteiger partial charge in [-0.3, -0.25) is 9.69 Å². The van der Waals surface area contributed by atoms with Crippen molar-refractivity contribution < 1.29 is 4.79 Å². The molecule has 0 N–H and O–H groups in total. The standard InChI is InChI=1S/C10H18N2O/c13-10(9-11-5-4-6-11)12-7-2-1-3-8-12/h1-9H2. The molecule has 2 rings (SSSR count). The molecule has 1 amide bonds. The van der Waals surface area contributed by atoms with Crippen LogP contribution in [0, 0.1) is 0 Å². The number of hydrogen-bond acceptors (Lipinski definition) is 2. The highest BCUT2D eigenvalue weighted by atomic mass is 16.2. The van der Waals surface area contributed by atoms with Crippen molar-refractivity contribution in [2.75, 3.05) is 32.7 Å². The number of likely N-dealkylation sites (tertiary alicyclic amines) is 2. The maximum absolute atomic E-state index is 11.7. The van der Waals surface area contributed by atoms with E-state index in [0.29, 0.717) is 12.5 Å². The Kier molecular flexibility index (Phi) is 2.83. The van der Waals surface area contributed by atoms with E-state index in [1.165, 1.54) is 25.7 Å². The fourth-order valence-corrected chi connectivity index (χ4v) is 1.97. The van der Waals surface area contributed by atoms with E-state index in [4.69, 9.17) is 0 Å². The number of hydrogen-bond donors (Lipinski definition) is 0. The molecule has 0 aliphatic carbocycles. The van der Waals surface area contributed by atoms with Crippen LogP contribution < -0.4 is 0 Å². The SMILES string of the molecule is O=C(CN1CCC1)N1CCCCC1. The molecule has 2 heterocycles. The molecule has 0 aromatic heterocycles. The Morgan fingerprint density at radius 3 is 2.15 bits per heavy atom. The van der Waals surface area contributed by atoms with Crippen LogP contribution in [0.2, 0.25) is 0 Å². The van der Waals surface area contributed by atoms with E-state index in [1.54, 1.807) is 0 Å². The average molecular weight is 182 g/mol. The summed E-state index contributed by atoms with van der Waals surface area (Å²) in [5.74, 6) is 0.347. The molecule has 2 aliphatic heterocycles. The van der Waals surface area contributed by atoms with Gasteiger partial charge >= 0.3 is 0 Å². The van der Waals surface area contributed by atoms with Crippen LogP contribution in [-0.4, -0.2) is 48.4 Å². The second-order valence-electron chi connectivity index (χ2n) is 4.07. The molecule has 2 fully saturated rings. The van der Waals surface area contributed by atoms with Crippen molar-refractivity contribution in [3.05, 3.63) is 0 Å². The summed E-state index contributed by atoms with van der Waals surface area (Å²) in [5, 5.41) is 0. The first kappa shape index (κ1) is 9.00. The van der Waals surface area contributed by atoms with E-state index in [-0.39, 0.29) is 0 Å². The van der Waals surface area contributed by atoms with Gasteiger partial charge < -0.3 is 4.90 Å². The van der Waals surface area contributed by atoms with Crippen LogP contribution in [0.15, 0.2) is 0 Å². The first-order valence-corrected chi connectivity index (χ1v) is 5.36. The zero-order valence-electron chi connectivity index (χ0n) is 8.17. The molecule has 3 nitrogen and oxygen atoms in total. The van der Waals surface area contributed by atoms with Crippen molar-refractivity contribution in [2.24, 2.45) is 0 Å². The molecule has 0 unspecified atom stereocenters. The van der Waals surface area contributed by atoms with Crippen molar-refractivity contribution in [2.45, 2.75) is 25.7 Å². The first-order chi connectivity index (χ1) is 6.36. The van der Waals surface area contributed by atoms with Gasteiger partial charge in [0.2, 0.25) is 5.91 Å². The second kappa shape index (κ2) is 4.09. The van der Waals surface area contributed by atoms with Gasteiger partial charge in [0.1, 0.15) is 0 Å². The summed E-state index contributed by atoms with van der Waals surface area (Å²) >= 11 is 0. The topological polar surface area (TPSA) is 23.6 Å². The van der Waals surface area contributed by atoms with E-state index in [1.807, 2.05) is 4.90 Å². The Bertz CT molecular complexity index is 183. The van der Waals surface area contributed by atoms with Gasteiger partial charge in [0.05, 0.1) is 6.54 Å². The Balaban J connectivity index is 1.74. The highest BCUT2D eigenvalue weighted by Crippen LogP contribution is 2.11. The van der Waals surface area contributed by atoms with Gasteiger partial charge in [-0.15, -0.1) is 0 Å². The van der Waals surface area contributed by atoms with Crippen molar-refractivity contribution in [3.8, 4) is 0 Å². The monoisotopic (exact) mass is 182 g/mol. The van der Waals surface area contributed by atoms with Crippen LogP contribution in [0.3, 0.4) is 0 Å². The van der Waals surface area contributed by atoms with Crippen LogP contribution >= 0.6 is 0 Å². The van der Waals surface area contributed by atoms with Crippen LogP contribution in [0.1, 0.15) is 25.7 Å². The number of amides is 1. The molecule has 2 saturated heterocycles. The first-order valence-electron chi connectivity index (χ1n) is 5.36. The molecule has 0 saturated carbocycles. The van der Waals surface area contributed by atoms with E-state index in [9.17, 15) is 4.79 Å². The lowest BCUT2D eigenvalue weighted by atomic mass is 10.1. The Morgan fingerprint density at radius 1 is 0.923 bits per heavy atom. The maximum Gasteiger partial charge on any atom is 0.236 e. The van der Waals surface area contributed by atoms with Crippen LogP contribution in [0.25, 0.3) is 0 Å². The van der Waals surface area contributed by atoms with E-state index in [2.05, 4.69) is 4.90 Å². The molecule has 0 aromatic carbocycles. The van der Waals surface area contributed by atoms with Gasteiger partial charge in [-0.25, -0.2) is 0 Å². The Hall–Kier alpha value is -0.570. The molecule has 3 heteroatoms. The predicted octanol–water partition coefficient (Wildman–Crippen LogP) is 0.705. The van der Waals surface area contributed by atoms with Crippen LogP contribution in [0.4, 0.5) is 0 Å². The van der Waals surface area contributed by atoms with Gasteiger partial charge in [-0.05, 0) is 38.8 Å². The van der Waals surface area contributed by atoms with Gasteiger partial charge in [0.15, 0.2) is 0 Å². The van der Waals surface area contributed by atoms with E-state index in [0.717, 1.165) is 26.2 Å². The maximum atomic E-state index is 11.7. The molecule has 74 valence electrons. The largest absolute Gasteiger partial charge is 0.342 e. The number of nitrogens with zero attached hydrogens (tertiary/aromatic N) is 2. The fourth-order valence-electron chi connectivity index (χ4n) is 1.97. The zero-order valence-corrected chi connectivity index (χ0v) is 8.17. The molecule has 2 aliphatic rings. The molecule has 0 aromatic rings.